The van der Waals surface area contributed by atoms with Gasteiger partial charge < -0.3 is 9.47 Å². The van der Waals surface area contributed by atoms with Crippen molar-refractivity contribution in [2.75, 3.05) is 13.2 Å². The number of benzene rings is 2. The van der Waals surface area contributed by atoms with Crippen LogP contribution in [0.15, 0.2) is 47.4 Å². The maximum atomic E-state index is 12.5. The topological polar surface area (TPSA) is 98.8 Å². The highest BCUT2D eigenvalue weighted by atomic mass is 32.2. The van der Waals surface area contributed by atoms with Gasteiger partial charge in [-0.05, 0) is 80.1 Å². The molecule has 0 unspecified atom stereocenters. The summed E-state index contributed by atoms with van der Waals surface area (Å²) in [6, 6.07) is 10.9. The fourth-order valence-corrected chi connectivity index (χ4v) is 4.17. The van der Waals surface area contributed by atoms with E-state index in [4.69, 9.17) is 9.47 Å². The summed E-state index contributed by atoms with van der Waals surface area (Å²) in [5.74, 6) is -1.02. The summed E-state index contributed by atoms with van der Waals surface area (Å²) in [6.45, 7) is 1.47. The second-order valence-corrected chi connectivity index (χ2v) is 8.45. The summed E-state index contributed by atoms with van der Waals surface area (Å²) in [5.41, 5.74) is 2.56. The van der Waals surface area contributed by atoms with Crippen LogP contribution in [0.3, 0.4) is 0 Å². The predicted octanol–water partition coefficient (Wildman–Crippen LogP) is 2.63. The first-order valence-electron chi connectivity index (χ1n) is 9.48. The molecule has 0 atom stereocenters. The molecular weight excluding hydrogens is 394 g/mol. The molecule has 8 heteroatoms. The van der Waals surface area contributed by atoms with Gasteiger partial charge in [-0.1, -0.05) is 6.07 Å². The number of ether oxygens (including phenoxy) is 2. The van der Waals surface area contributed by atoms with E-state index in [0.29, 0.717) is 5.56 Å². The lowest BCUT2D eigenvalue weighted by Crippen LogP contribution is -2.32. The van der Waals surface area contributed by atoms with E-state index >= 15 is 0 Å². The molecule has 7 nitrogen and oxygen atoms in total. The predicted molar refractivity (Wildman–Crippen MR) is 106 cm³/mol. The average Bonchev–Trinajstić information content (AvgIpc) is 2.73. The van der Waals surface area contributed by atoms with Crippen molar-refractivity contribution in [2.24, 2.45) is 0 Å². The van der Waals surface area contributed by atoms with Crippen molar-refractivity contribution in [3.05, 3.63) is 59.2 Å². The van der Waals surface area contributed by atoms with Gasteiger partial charge in [0.2, 0.25) is 10.0 Å². The Morgan fingerprint density at radius 3 is 2.38 bits per heavy atom. The maximum Gasteiger partial charge on any atom is 0.338 e. The number of esters is 2. The third kappa shape index (κ3) is 5.42. The lowest BCUT2D eigenvalue weighted by molar-refractivity contribution is -0.133. The fraction of sp³-hybridized carbons (Fsp3) is 0.333. The first kappa shape index (κ1) is 21.0. The second-order valence-electron chi connectivity index (χ2n) is 6.68. The second kappa shape index (κ2) is 9.19. The molecule has 0 saturated carbocycles. The molecular formula is C21H23NO6S. The number of fused-ring (bicyclic) bond motifs is 1. The number of carbonyl (C=O) groups excluding carboxylic acids is 2. The van der Waals surface area contributed by atoms with Crippen LogP contribution in [0.4, 0.5) is 0 Å². The molecule has 29 heavy (non-hydrogen) atoms. The zero-order valence-corrected chi connectivity index (χ0v) is 17.0. The maximum absolute atomic E-state index is 12.5. The van der Waals surface area contributed by atoms with Crippen LogP contribution in [0.25, 0.3) is 0 Å². The van der Waals surface area contributed by atoms with Gasteiger partial charge in [-0.15, -0.1) is 0 Å². The minimum Gasteiger partial charge on any atom is -0.462 e. The minimum atomic E-state index is -3.82. The molecule has 154 valence electrons. The molecule has 0 heterocycles. The summed E-state index contributed by atoms with van der Waals surface area (Å²) >= 11 is 0. The number of sulfonamides is 1. The molecule has 0 saturated heterocycles. The van der Waals surface area contributed by atoms with Gasteiger partial charge in [-0.3, -0.25) is 4.79 Å². The zero-order valence-electron chi connectivity index (χ0n) is 16.1. The van der Waals surface area contributed by atoms with E-state index in [1.54, 1.807) is 19.1 Å². The molecule has 2 aromatic rings. The van der Waals surface area contributed by atoms with Gasteiger partial charge >= 0.3 is 11.9 Å². The first-order chi connectivity index (χ1) is 13.9. The smallest absolute Gasteiger partial charge is 0.338 e. The van der Waals surface area contributed by atoms with E-state index in [2.05, 4.69) is 4.72 Å². The van der Waals surface area contributed by atoms with E-state index in [9.17, 15) is 18.0 Å². The van der Waals surface area contributed by atoms with E-state index in [0.717, 1.165) is 31.2 Å². The van der Waals surface area contributed by atoms with Crippen LogP contribution in [0.2, 0.25) is 0 Å². The van der Waals surface area contributed by atoms with Gasteiger partial charge in [0.25, 0.3) is 0 Å². The molecule has 0 bridgehead atoms. The Bertz CT molecular complexity index is 998. The Balaban J connectivity index is 1.57. The lowest BCUT2D eigenvalue weighted by atomic mass is 9.92. The number of aryl methyl sites for hydroxylation is 2. The molecule has 1 aliphatic rings. The van der Waals surface area contributed by atoms with Crippen LogP contribution in [0, 0.1) is 0 Å². The van der Waals surface area contributed by atoms with Crippen molar-refractivity contribution < 1.29 is 27.5 Å². The van der Waals surface area contributed by atoms with Crippen molar-refractivity contribution in [3.8, 4) is 5.75 Å². The highest BCUT2D eigenvalue weighted by molar-refractivity contribution is 7.89. The molecule has 0 aliphatic heterocycles. The third-order valence-corrected chi connectivity index (χ3v) is 6.03. The number of hydrogen-bond donors (Lipinski definition) is 1. The van der Waals surface area contributed by atoms with Gasteiger partial charge in [0.15, 0.2) is 0 Å². The van der Waals surface area contributed by atoms with Gasteiger partial charge in [0, 0.05) is 0 Å². The van der Waals surface area contributed by atoms with E-state index < -0.39 is 28.5 Å². The largest absolute Gasteiger partial charge is 0.462 e. The molecule has 1 N–H and O–H groups in total. The summed E-state index contributed by atoms with van der Waals surface area (Å²) < 4.78 is 37.2. The summed E-state index contributed by atoms with van der Waals surface area (Å²) in [7, 11) is -3.82. The van der Waals surface area contributed by atoms with Gasteiger partial charge in [-0.25, -0.2) is 13.2 Å². The molecule has 0 aromatic heterocycles. The summed E-state index contributed by atoms with van der Waals surface area (Å²) in [6.07, 6.45) is 3.99. The van der Waals surface area contributed by atoms with Gasteiger partial charge in [0.05, 0.1) is 17.1 Å². The Kier molecular flexibility index (Phi) is 6.66. The molecule has 0 spiro atoms. The number of hydrogen-bond acceptors (Lipinski definition) is 6. The normalized spacial score (nSPS) is 13.4. The van der Waals surface area contributed by atoms with E-state index in [-0.39, 0.29) is 17.3 Å². The zero-order chi connectivity index (χ0) is 20.9. The summed E-state index contributed by atoms with van der Waals surface area (Å²) in [5, 5.41) is 0. The Labute approximate surface area is 170 Å². The molecule has 2 aromatic carbocycles. The van der Waals surface area contributed by atoms with Gasteiger partial charge in [0.1, 0.15) is 12.3 Å². The minimum absolute atomic E-state index is 0.143. The van der Waals surface area contributed by atoms with Crippen molar-refractivity contribution in [2.45, 2.75) is 37.5 Å². The van der Waals surface area contributed by atoms with Crippen LogP contribution in [-0.2, 0) is 32.4 Å². The van der Waals surface area contributed by atoms with Crippen molar-refractivity contribution in [1.82, 2.24) is 4.72 Å². The highest BCUT2D eigenvalue weighted by Gasteiger charge is 2.19. The van der Waals surface area contributed by atoms with Crippen molar-refractivity contribution in [1.29, 1.82) is 0 Å². The monoisotopic (exact) mass is 417 g/mol. The van der Waals surface area contributed by atoms with Crippen molar-refractivity contribution in [3.63, 3.8) is 0 Å². The fourth-order valence-electron chi connectivity index (χ4n) is 3.16. The van der Waals surface area contributed by atoms with Crippen LogP contribution < -0.4 is 9.46 Å². The van der Waals surface area contributed by atoms with Crippen LogP contribution in [0.1, 0.15) is 41.3 Å². The molecule has 0 fully saturated rings. The Morgan fingerprint density at radius 1 is 1.00 bits per heavy atom. The molecule has 0 amide bonds. The average molecular weight is 417 g/mol. The van der Waals surface area contributed by atoms with Crippen LogP contribution in [-0.4, -0.2) is 33.5 Å². The number of rotatable bonds is 7. The SMILES string of the molecule is CCOC(=O)c1ccc(OC(=O)CNS(=O)(=O)c2ccc3c(c2)CCCC3)cc1. The molecule has 0 radical (unpaired) electrons. The van der Waals surface area contributed by atoms with E-state index in [1.165, 1.54) is 29.8 Å². The standard InChI is InChI=1S/C21H23NO6S/c1-2-27-21(24)16-7-10-18(11-8-16)28-20(23)14-22-29(25,26)19-12-9-15-5-3-4-6-17(15)13-19/h7-13,22H,2-6,14H2,1H3. The lowest BCUT2D eigenvalue weighted by Gasteiger charge is -2.16. The van der Waals surface area contributed by atoms with Gasteiger partial charge in [-0.2, -0.15) is 4.72 Å². The number of carbonyl (C=O) groups is 2. The van der Waals surface area contributed by atoms with Crippen molar-refractivity contribution >= 4 is 22.0 Å². The first-order valence-corrected chi connectivity index (χ1v) is 11.0. The molecule has 3 rings (SSSR count). The van der Waals surface area contributed by atoms with E-state index in [1.807, 2.05) is 6.07 Å². The number of nitrogens with one attached hydrogen (secondary N) is 1. The highest BCUT2D eigenvalue weighted by Crippen LogP contribution is 2.24. The quantitative estimate of drug-likeness (QED) is 0.549. The summed E-state index contributed by atoms with van der Waals surface area (Å²) in [4.78, 5) is 23.8. The Morgan fingerprint density at radius 2 is 1.69 bits per heavy atom. The third-order valence-electron chi connectivity index (χ3n) is 4.63. The Hall–Kier alpha value is -2.71. The van der Waals surface area contributed by atoms with Crippen LogP contribution in [0.5, 0.6) is 5.75 Å². The molecule has 1 aliphatic carbocycles. The van der Waals surface area contributed by atoms with Crippen LogP contribution >= 0.6 is 0 Å².